The lowest BCUT2D eigenvalue weighted by Crippen LogP contribution is -2.62. The van der Waals surface area contributed by atoms with Crippen LogP contribution in [-0.4, -0.2) is 192 Å². The average Bonchev–Trinajstić information content (AvgIpc) is 1.60. The highest BCUT2D eigenvalue weighted by Crippen LogP contribution is 2.23. The second kappa shape index (κ2) is 42.4. The summed E-state index contributed by atoms with van der Waals surface area (Å²) in [5, 5.41) is 41.3. The van der Waals surface area contributed by atoms with Gasteiger partial charge >= 0.3 is 6.03 Å². The summed E-state index contributed by atoms with van der Waals surface area (Å²) in [5.41, 5.74) is 21.5. The molecule has 2 fully saturated rings. The van der Waals surface area contributed by atoms with Crippen LogP contribution in [0.3, 0.4) is 0 Å². The summed E-state index contributed by atoms with van der Waals surface area (Å²) in [5.74, 6) is -8.13. The van der Waals surface area contributed by atoms with Gasteiger partial charge < -0.3 is 85.1 Å². The number of halogens is 1. The number of carbonyl (C=O) groups is 11. The van der Waals surface area contributed by atoms with E-state index in [1.807, 2.05) is 82.3 Å². The molecule has 0 aromatic heterocycles. The van der Waals surface area contributed by atoms with Crippen molar-refractivity contribution >= 4 is 93.2 Å². The number of morpholine rings is 1. The number of hydrogen-bond donors (Lipinski definition) is 14. The van der Waals surface area contributed by atoms with Crippen LogP contribution in [0, 0.1) is 5.92 Å². The highest BCUT2D eigenvalue weighted by atomic mass is 35.5. The molecule has 2 saturated heterocycles. The molecule has 110 heavy (non-hydrogen) atoms. The highest BCUT2D eigenvalue weighted by Gasteiger charge is 2.41. The number of amides is 12. The van der Waals surface area contributed by atoms with Crippen molar-refractivity contribution < 1.29 is 62.6 Å². The lowest BCUT2D eigenvalue weighted by Gasteiger charge is -2.31. The van der Waals surface area contributed by atoms with Gasteiger partial charge in [-0.05, 0) is 126 Å². The van der Waals surface area contributed by atoms with Crippen molar-refractivity contribution in [1.29, 1.82) is 0 Å². The summed E-state index contributed by atoms with van der Waals surface area (Å²) in [4.78, 5) is 161. The number of hydrogen-bond acceptors (Lipinski definition) is 16. The van der Waals surface area contributed by atoms with Crippen LogP contribution in [0.2, 0.25) is 5.02 Å². The molecular weight excluding hydrogens is 1430 g/mol. The number of fused-ring (bicyclic) bond motifs is 1. The maximum Gasteiger partial charge on any atom is 0.312 e. The molecule has 8 rings (SSSR count). The predicted octanol–water partition coefficient (Wildman–Crippen LogP) is 3.04. The number of unbranched alkanes of at least 4 members (excludes halogenated alkanes) is 1. The Bertz CT molecular complexity index is 4090. The van der Waals surface area contributed by atoms with Crippen molar-refractivity contribution in [3.05, 3.63) is 184 Å². The van der Waals surface area contributed by atoms with E-state index in [0.29, 0.717) is 90.5 Å². The maximum atomic E-state index is 15.4. The van der Waals surface area contributed by atoms with E-state index in [9.17, 15) is 48.3 Å². The minimum atomic E-state index is -1.79. The number of benzene rings is 6. The molecule has 10 atom stereocenters. The number of rotatable bonds is 40. The van der Waals surface area contributed by atoms with E-state index in [0.717, 1.165) is 29.4 Å². The van der Waals surface area contributed by atoms with E-state index in [1.165, 1.54) is 11.8 Å². The van der Waals surface area contributed by atoms with Gasteiger partial charge in [-0.1, -0.05) is 161 Å². The molecule has 17 N–H and O–H groups in total. The van der Waals surface area contributed by atoms with Crippen LogP contribution in [0.15, 0.2) is 146 Å². The molecule has 0 unspecified atom stereocenters. The number of aliphatic hydroxyl groups is 1. The molecule has 0 radical (unpaired) electrons. The Labute approximate surface area is 647 Å². The lowest BCUT2D eigenvalue weighted by molar-refractivity contribution is -0.142. The van der Waals surface area contributed by atoms with E-state index >= 15 is 9.59 Å². The Balaban J connectivity index is 1.06. The first kappa shape index (κ1) is 85.1. The van der Waals surface area contributed by atoms with Crippen molar-refractivity contribution in [2.24, 2.45) is 17.4 Å². The highest BCUT2D eigenvalue weighted by molar-refractivity contribution is 6.30. The lowest BCUT2D eigenvalue weighted by atomic mass is 9.99. The number of urea groups is 1. The van der Waals surface area contributed by atoms with Gasteiger partial charge in [-0.15, -0.1) is 0 Å². The molecule has 0 aliphatic carbocycles. The SMILES string of the molecule is CC(C)C[C@H](NC(=O)[C@@H](Cc1ccc(N)cc1)NC(=O)[C@H](Cc1ccc(CN2CCOCC2)cc1)NC(=O)[C@H](CO)NC(=O)[C@@H](Cc1ccccc1)NC(=O)[C@@H](Cc1ccc(Cl)cc1)NC(=O)[C@@H](Cc1ccc2ccccc2c1)NC(N)=O)C(=O)N[C@@H](CCCCNC(C)C)C(=O)N1CCC[C@H]1C(=O)N[C@H](C)C(N)=O. The molecule has 2 heterocycles. The van der Waals surface area contributed by atoms with Crippen LogP contribution in [0.1, 0.15) is 107 Å². The first-order valence-electron chi connectivity index (χ1n) is 37.6. The van der Waals surface area contributed by atoms with Gasteiger partial charge in [0.2, 0.25) is 59.1 Å². The number of carbonyl (C=O) groups excluding carboxylic acids is 11. The zero-order valence-corrected chi connectivity index (χ0v) is 63.8. The first-order chi connectivity index (χ1) is 52.7. The third kappa shape index (κ3) is 27.0. The predicted molar refractivity (Wildman–Crippen MR) is 419 cm³/mol. The molecule has 29 heteroatoms. The van der Waals surface area contributed by atoms with E-state index in [2.05, 4.69) is 58.1 Å². The van der Waals surface area contributed by atoms with Gasteiger partial charge in [0.1, 0.15) is 60.4 Å². The van der Waals surface area contributed by atoms with E-state index in [1.54, 1.807) is 91.0 Å². The zero-order chi connectivity index (χ0) is 79.4. The third-order valence-electron chi connectivity index (χ3n) is 19.3. The monoisotopic (exact) mass is 1530 g/mol. The number of ether oxygens (including phenoxy) is 1. The van der Waals surface area contributed by atoms with Crippen LogP contribution in [0.4, 0.5) is 10.5 Å². The van der Waals surface area contributed by atoms with E-state index < -0.39 is 132 Å². The van der Waals surface area contributed by atoms with E-state index in [4.69, 9.17) is 33.5 Å². The molecule has 0 bridgehead atoms. The van der Waals surface area contributed by atoms with Gasteiger partial charge in [-0.3, -0.25) is 52.8 Å². The van der Waals surface area contributed by atoms with Gasteiger partial charge in [0, 0.05) is 75.0 Å². The van der Waals surface area contributed by atoms with Gasteiger partial charge in [0.05, 0.1) is 19.8 Å². The molecule has 2 aliphatic rings. The molecule has 0 saturated carbocycles. The Morgan fingerprint density at radius 1 is 0.491 bits per heavy atom. The minimum absolute atomic E-state index is 0.0277. The largest absolute Gasteiger partial charge is 0.399 e. The fourth-order valence-corrected chi connectivity index (χ4v) is 13.4. The topological polar surface area (TPSA) is 422 Å². The van der Waals surface area contributed by atoms with Crippen molar-refractivity contribution in [2.75, 3.05) is 51.7 Å². The minimum Gasteiger partial charge on any atom is -0.399 e. The summed E-state index contributed by atoms with van der Waals surface area (Å²) in [6.45, 7) is 12.1. The maximum absolute atomic E-state index is 15.4. The second-order valence-electron chi connectivity index (χ2n) is 29.0. The second-order valence-corrected chi connectivity index (χ2v) is 29.4. The number of anilines is 1. The molecule has 28 nitrogen and oxygen atoms in total. The molecular formula is C81H106ClN15O13. The smallest absolute Gasteiger partial charge is 0.312 e. The van der Waals surface area contributed by atoms with Crippen molar-refractivity contribution in [1.82, 2.24) is 63.0 Å². The Morgan fingerprint density at radius 2 is 0.936 bits per heavy atom. The number of aliphatic hydroxyl groups excluding tert-OH is 1. The summed E-state index contributed by atoms with van der Waals surface area (Å²) in [7, 11) is 0. The van der Waals surface area contributed by atoms with Crippen molar-refractivity contribution in [2.45, 2.75) is 178 Å². The molecule has 2 aliphatic heterocycles. The van der Waals surface area contributed by atoms with Crippen molar-refractivity contribution in [3.63, 3.8) is 0 Å². The molecule has 590 valence electrons. The Kier molecular flexibility index (Phi) is 32.8. The fraction of sp³-hybridized carbons (Fsp3) is 0.444. The van der Waals surface area contributed by atoms with Crippen LogP contribution in [0.25, 0.3) is 10.8 Å². The summed E-state index contributed by atoms with van der Waals surface area (Å²) >= 11 is 6.27. The average molecular weight is 1530 g/mol. The molecule has 0 spiro atoms. The van der Waals surface area contributed by atoms with Crippen LogP contribution < -0.4 is 70.4 Å². The number of nitrogens with zero attached hydrogens (tertiary/aromatic N) is 2. The third-order valence-corrected chi connectivity index (χ3v) is 19.6. The van der Waals surface area contributed by atoms with Gasteiger partial charge in [-0.25, -0.2) is 4.79 Å². The number of nitrogens with one attached hydrogen (secondary N) is 10. The normalized spacial score (nSPS) is 16.2. The number of primary amides is 2. The van der Waals surface area contributed by atoms with Gasteiger partial charge in [0.25, 0.3) is 0 Å². The van der Waals surface area contributed by atoms with Crippen LogP contribution >= 0.6 is 11.6 Å². The zero-order valence-electron chi connectivity index (χ0n) is 63.1. The number of nitrogen functional groups attached to an aromatic ring is 1. The standard InChI is InChI=1S/C81H106ClN15O13/c1-49(2)40-63(72(100)88-62(18-11-12-34-86-50(3)4)80(108)97-35-13-19-70(97)79(107)87-51(5)71(84)99)89-73(101)66(45-55-27-32-61(83)33-28-55)91-75(103)67(43-53-20-22-56(23-21-53)47-96-36-38-110-39-37-96)93-78(106)69(48-98)94-76(104)64(42-52-14-7-6-8-15-52)90-74(102)65(44-54-25-30-60(82)31-26-54)92-77(105)68(95-81(85)109)46-57-24-29-58-16-9-10-17-59(58)41-57/h6-10,14-17,20-33,41,49-51,62-70,86,98H,11-13,18-19,34-40,42-48,83H2,1-5H3,(H2,84,99)(H,87,107)(H,88,100)(H,89,101)(H,90,102)(H,91,103)(H,92,105)(H,93,106)(H,94,104)(H3,85,95,109)/t51-,62+,63+,64-,65-,66-,67+,68-,69+,70+/m1/s1. The first-order valence-corrected chi connectivity index (χ1v) is 38.0. The van der Waals surface area contributed by atoms with Crippen LogP contribution in [-0.2, 0) is 91.3 Å². The van der Waals surface area contributed by atoms with Crippen molar-refractivity contribution in [3.8, 4) is 0 Å². The molecule has 6 aromatic carbocycles. The number of likely N-dealkylation sites (tertiary alicyclic amines) is 1. The van der Waals surface area contributed by atoms with Gasteiger partial charge in [0.15, 0.2) is 0 Å². The summed E-state index contributed by atoms with van der Waals surface area (Å²) in [6, 6.07) is 28.0. The molecule has 6 aromatic rings. The van der Waals surface area contributed by atoms with Gasteiger partial charge in [-0.2, -0.15) is 0 Å². The van der Waals surface area contributed by atoms with E-state index in [-0.39, 0.29) is 63.5 Å². The summed E-state index contributed by atoms with van der Waals surface area (Å²) in [6.07, 6.45) is 1.40. The Hall–Kier alpha value is -10.5. The Morgan fingerprint density at radius 3 is 1.46 bits per heavy atom. The summed E-state index contributed by atoms with van der Waals surface area (Å²) < 4.78 is 5.56. The quantitative estimate of drug-likeness (QED) is 0.0194. The number of nitrogens with two attached hydrogens (primary N) is 3. The molecule has 12 amide bonds. The van der Waals surface area contributed by atoms with Crippen LogP contribution in [0.5, 0.6) is 0 Å². The fourth-order valence-electron chi connectivity index (χ4n) is 13.3.